The third-order valence-electron chi connectivity index (χ3n) is 5.77. The van der Waals surface area contributed by atoms with Crippen LogP contribution in [-0.4, -0.2) is 40.2 Å². The molecule has 2 heterocycles. The standard InChI is InChI=1S/C25H26FN7O4S/c1-4-38(35,36)33-19-6-5-16(11-20(19)37-13-18-14(2)9-17(26)10-15(18)3)23-22(24(27)34)25(32-31-23)30-21-12-28-7-8-29-21/h5-12,33H,4,13H2,1-3H3,(H2,27,34)(H2,29,30,31,32). The highest BCUT2D eigenvalue weighted by atomic mass is 32.2. The predicted molar refractivity (Wildman–Crippen MR) is 141 cm³/mol. The van der Waals surface area contributed by atoms with Crippen LogP contribution in [-0.2, 0) is 16.6 Å². The molecule has 2 aromatic heterocycles. The lowest BCUT2D eigenvalue weighted by atomic mass is 10.0. The monoisotopic (exact) mass is 539 g/mol. The van der Waals surface area contributed by atoms with Crippen LogP contribution in [0.25, 0.3) is 11.3 Å². The van der Waals surface area contributed by atoms with Crippen LogP contribution in [0.1, 0.15) is 34.0 Å². The van der Waals surface area contributed by atoms with Crippen LogP contribution in [0, 0.1) is 19.7 Å². The van der Waals surface area contributed by atoms with Crippen molar-refractivity contribution in [2.24, 2.45) is 5.73 Å². The van der Waals surface area contributed by atoms with Crippen molar-refractivity contribution in [1.29, 1.82) is 0 Å². The first kappa shape index (κ1) is 26.5. The second-order valence-electron chi connectivity index (χ2n) is 8.43. The summed E-state index contributed by atoms with van der Waals surface area (Å²) in [6.45, 7) is 5.09. The first-order valence-corrected chi connectivity index (χ1v) is 13.2. The molecule has 0 atom stereocenters. The maximum atomic E-state index is 13.8. The van der Waals surface area contributed by atoms with E-state index >= 15 is 0 Å². The molecule has 0 aliphatic heterocycles. The molecule has 4 aromatic rings. The maximum Gasteiger partial charge on any atom is 0.254 e. The Bertz CT molecular complexity index is 1570. The van der Waals surface area contributed by atoms with Gasteiger partial charge in [-0.05, 0) is 61.7 Å². The van der Waals surface area contributed by atoms with Crippen LogP contribution in [0.2, 0.25) is 0 Å². The number of primary amides is 1. The molecule has 0 unspecified atom stereocenters. The molecule has 198 valence electrons. The van der Waals surface area contributed by atoms with E-state index in [0.717, 1.165) is 5.56 Å². The van der Waals surface area contributed by atoms with E-state index in [1.807, 2.05) is 0 Å². The van der Waals surface area contributed by atoms with E-state index in [4.69, 9.17) is 10.5 Å². The summed E-state index contributed by atoms with van der Waals surface area (Å²) in [4.78, 5) is 20.5. The Kier molecular flexibility index (Phi) is 7.57. The van der Waals surface area contributed by atoms with Gasteiger partial charge in [-0.3, -0.25) is 19.6 Å². The molecule has 13 heteroatoms. The molecule has 0 bridgehead atoms. The number of nitrogens with zero attached hydrogens (tertiary/aromatic N) is 3. The van der Waals surface area contributed by atoms with Gasteiger partial charge in [-0.2, -0.15) is 5.10 Å². The average Bonchev–Trinajstić information content (AvgIpc) is 3.28. The molecule has 1 amide bonds. The summed E-state index contributed by atoms with van der Waals surface area (Å²) in [5.41, 5.74) is 8.83. The zero-order valence-electron chi connectivity index (χ0n) is 20.9. The largest absolute Gasteiger partial charge is 0.487 e. The molecule has 11 nitrogen and oxygen atoms in total. The fraction of sp³-hybridized carbons (Fsp3) is 0.200. The normalized spacial score (nSPS) is 11.3. The Balaban J connectivity index is 1.74. The number of carbonyl (C=O) groups excluding carboxylic acids is 1. The van der Waals surface area contributed by atoms with Crippen LogP contribution in [0.4, 0.5) is 21.7 Å². The van der Waals surface area contributed by atoms with Gasteiger partial charge in [-0.1, -0.05) is 6.07 Å². The van der Waals surface area contributed by atoms with Crippen molar-refractivity contribution in [2.45, 2.75) is 27.4 Å². The number of aromatic amines is 1. The zero-order valence-corrected chi connectivity index (χ0v) is 21.7. The second-order valence-corrected chi connectivity index (χ2v) is 10.4. The average molecular weight is 540 g/mol. The van der Waals surface area contributed by atoms with Crippen LogP contribution in [0.15, 0.2) is 48.9 Å². The van der Waals surface area contributed by atoms with Gasteiger partial charge < -0.3 is 15.8 Å². The Morgan fingerprint density at radius 2 is 1.89 bits per heavy atom. The summed E-state index contributed by atoms with van der Waals surface area (Å²) >= 11 is 0. The Morgan fingerprint density at radius 1 is 1.16 bits per heavy atom. The number of benzene rings is 2. The minimum atomic E-state index is -3.63. The summed E-state index contributed by atoms with van der Waals surface area (Å²) in [5.74, 6) is -0.567. The van der Waals surface area contributed by atoms with Gasteiger partial charge in [0.25, 0.3) is 5.91 Å². The highest BCUT2D eigenvalue weighted by Gasteiger charge is 2.22. The number of aromatic nitrogens is 4. The van der Waals surface area contributed by atoms with Gasteiger partial charge in [0.1, 0.15) is 29.6 Å². The van der Waals surface area contributed by atoms with Gasteiger partial charge in [0, 0.05) is 18.0 Å². The third-order valence-corrected chi connectivity index (χ3v) is 7.06. The van der Waals surface area contributed by atoms with E-state index in [1.165, 1.54) is 43.7 Å². The second kappa shape index (κ2) is 10.8. The SMILES string of the molecule is CCS(=O)(=O)Nc1ccc(-c2[nH]nc(Nc3cnccn3)c2C(N)=O)cc1OCc1c(C)cc(F)cc1C. The summed E-state index contributed by atoms with van der Waals surface area (Å²) in [7, 11) is -3.63. The van der Waals surface area contributed by atoms with Gasteiger partial charge in [0.2, 0.25) is 10.0 Å². The molecule has 0 aliphatic rings. The lowest BCUT2D eigenvalue weighted by molar-refractivity contribution is 0.100. The number of halogens is 1. The molecule has 2 aromatic carbocycles. The van der Waals surface area contributed by atoms with Crippen molar-refractivity contribution in [3.8, 4) is 17.0 Å². The number of anilines is 3. The molecule has 0 radical (unpaired) electrons. The van der Waals surface area contributed by atoms with E-state index in [-0.39, 0.29) is 46.7 Å². The molecule has 0 aliphatic carbocycles. The highest BCUT2D eigenvalue weighted by molar-refractivity contribution is 7.92. The van der Waals surface area contributed by atoms with E-state index < -0.39 is 15.9 Å². The van der Waals surface area contributed by atoms with Gasteiger partial charge >= 0.3 is 0 Å². The molecule has 5 N–H and O–H groups in total. The fourth-order valence-electron chi connectivity index (χ4n) is 3.81. The molecule has 0 fully saturated rings. The number of nitrogens with one attached hydrogen (secondary N) is 3. The summed E-state index contributed by atoms with van der Waals surface area (Å²) in [6, 6.07) is 7.48. The van der Waals surface area contributed by atoms with Gasteiger partial charge in [0.15, 0.2) is 5.82 Å². The first-order chi connectivity index (χ1) is 18.1. The number of sulfonamides is 1. The number of ether oxygens (including phenoxy) is 1. The van der Waals surface area contributed by atoms with Crippen LogP contribution < -0.4 is 20.5 Å². The van der Waals surface area contributed by atoms with Crippen molar-refractivity contribution in [2.75, 3.05) is 15.8 Å². The lowest BCUT2D eigenvalue weighted by Gasteiger charge is -2.17. The number of hydrogen-bond acceptors (Lipinski definition) is 8. The van der Waals surface area contributed by atoms with Crippen molar-refractivity contribution < 1.29 is 22.3 Å². The summed E-state index contributed by atoms with van der Waals surface area (Å²) < 4.78 is 46.9. The molecule has 0 saturated carbocycles. The fourth-order valence-corrected chi connectivity index (χ4v) is 4.45. The van der Waals surface area contributed by atoms with Crippen molar-refractivity contribution in [3.05, 3.63) is 77.0 Å². The third kappa shape index (κ3) is 5.89. The van der Waals surface area contributed by atoms with E-state index in [2.05, 4.69) is 30.2 Å². The number of H-pyrrole nitrogens is 1. The molecular formula is C25H26FN7O4S. The minimum Gasteiger partial charge on any atom is -0.487 e. The van der Waals surface area contributed by atoms with E-state index in [0.29, 0.717) is 22.5 Å². The lowest BCUT2D eigenvalue weighted by Crippen LogP contribution is -2.16. The highest BCUT2D eigenvalue weighted by Crippen LogP contribution is 2.35. The summed E-state index contributed by atoms with van der Waals surface area (Å²) in [6.07, 6.45) is 4.43. The van der Waals surface area contributed by atoms with Crippen molar-refractivity contribution >= 4 is 33.3 Å². The number of nitrogens with two attached hydrogens (primary N) is 1. The molecule has 0 spiro atoms. The van der Waals surface area contributed by atoms with Crippen LogP contribution >= 0.6 is 0 Å². The first-order valence-electron chi connectivity index (χ1n) is 11.5. The number of hydrogen-bond donors (Lipinski definition) is 4. The number of rotatable bonds is 10. The molecule has 38 heavy (non-hydrogen) atoms. The number of amides is 1. The maximum absolute atomic E-state index is 13.8. The van der Waals surface area contributed by atoms with Crippen LogP contribution in [0.5, 0.6) is 5.75 Å². The minimum absolute atomic E-state index is 0.0490. The molecule has 4 rings (SSSR count). The predicted octanol–water partition coefficient (Wildman–Crippen LogP) is 3.81. The topological polar surface area (TPSA) is 165 Å². The molecular weight excluding hydrogens is 513 g/mol. The Morgan fingerprint density at radius 3 is 2.53 bits per heavy atom. The zero-order chi connectivity index (χ0) is 27.4. The Labute approximate surface area is 218 Å². The Hall–Kier alpha value is -4.52. The van der Waals surface area contributed by atoms with Gasteiger partial charge in [0.05, 0.1) is 23.3 Å². The van der Waals surface area contributed by atoms with Crippen molar-refractivity contribution in [3.63, 3.8) is 0 Å². The summed E-state index contributed by atoms with van der Waals surface area (Å²) in [5, 5.41) is 9.87. The smallest absolute Gasteiger partial charge is 0.254 e. The van der Waals surface area contributed by atoms with Gasteiger partial charge in [-0.15, -0.1) is 0 Å². The van der Waals surface area contributed by atoms with E-state index in [1.54, 1.807) is 26.0 Å². The number of carbonyl (C=O) groups is 1. The van der Waals surface area contributed by atoms with Gasteiger partial charge in [-0.25, -0.2) is 17.8 Å². The molecule has 0 saturated heterocycles. The van der Waals surface area contributed by atoms with E-state index in [9.17, 15) is 17.6 Å². The van der Waals surface area contributed by atoms with Crippen LogP contribution in [0.3, 0.4) is 0 Å². The van der Waals surface area contributed by atoms with Crippen molar-refractivity contribution in [1.82, 2.24) is 20.2 Å². The quantitative estimate of drug-likeness (QED) is 0.236. The number of aryl methyl sites for hydroxylation is 2.